The molecule has 1 aromatic heterocycles. The second kappa shape index (κ2) is 5.15. The van der Waals surface area contributed by atoms with E-state index >= 15 is 0 Å². The van der Waals surface area contributed by atoms with E-state index in [9.17, 15) is 0 Å². The molecule has 0 saturated carbocycles. The van der Waals surface area contributed by atoms with Crippen LogP contribution in [0.5, 0.6) is 0 Å². The minimum atomic E-state index is 0.495. The summed E-state index contributed by atoms with van der Waals surface area (Å²) in [5.74, 6) is 1.46. The number of nitrogens with zero attached hydrogens (tertiary/aromatic N) is 4. The fourth-order valence-electron chi connectivity index (χ4n) is 1.26. The van der Waals surface area contributed by atoms with Gasteiger partial charge in [0, 0.05) is 32.4 Å². The number of aryl methyl sites for hydroxylation is 1. The molecule has 0 amide bonds. The van der Waals surface area contributed by atoms with E-state index in [0.29, 0.717) is 18.9 Å². The third kappa shape index (κ3) is 2.81. The molecule has 0 atom stereocenters. The average Bonchev–Trinajstić information content (AvgIpc) is 2.26. The highest BCUT2D eigenvalue weighted by atomic mass is 15.2. The Kier molecular flexibility index (Phi) is 3.86. The summed E-state index contributed by atoms with van der Waals surface area (Å²) in [5, 5.41) is 11.4. The van der Waals surface area contributed by atoms with Crippen molar-refractivity contribution in [1.82, 2.24) is 9.97 Å². The highest BCUT2D eigenvalue weighted by Crippen LogP contribution is 2.16. The van der Waals surface area contributed by atoms with Crippen LogP contribution in [-0.4, -0.2) is 30.6 Å². The van der Waals surface area contributed by atoms with E-state index in [4.69, 9.17) is 5.26 Å². The molecule has 1 heterocycles. The van der Waals surface area contributed by atoms with Crippen LogP contribution < -0.4 is 10.2 Å². The van der Waals surface area contributed by atoms with Crippen LogP contribution in [0.2, 0.25) is 0 Å². The Morgan fingerprint density at radius 3 is 2.93 bits per heavy atom. The van der Waals surface area contributed by atoms with Gasteiger partial charge in [-0.15, -0.1) is 0 Å². The van der Waals surface area contributed by atoms with Gasteiger partial charge < -0.3 is 10.2 Å². The number of aromatic nitrogens is 2. The Balaban J connectivity index is 2.87. The molecule has 0 aliphatic rings. The lowest BCUT2D eigenvalue weighted by Crippen LogP contribution is -2.21. The predicted molar refractivity (Wildman–Crippen MR) is 59.8 cm³/mol. The van der Waals surface area contributed by atoms with Crippen molar-refractivity contribution in [1.29, 1.82) is 5.26 Å². The maximum absolute atomic E-state index is 8.51. The second-order valence-corrected chi connectivity index (χ2v) is 3.28. The number of anilines is 2. The van der Waals surface area contributed by atoms with Crippen molar-refractivity contribution in [2.24, 2.45) is 0 Å². The van der Waals surface area contributed by atoms with Crippen molar-refractivity contribution in [3.05, 3.63) is 11.8 Å². The summed E-state index contributed by atoms with van der Waals surface area (Å²) in [7, 11) is 3.70. The number of nitrogens with one attached hydrogen (secondary N) is 1. The summed E-state index contributed by atoms with van der Waals surface area (Å²) in [4.78, 5) is 10.4. The molecule has 5 heteroatoms. The second-order valence-electron chi connectivity index (χ2n) is 3.28. The van der Waals surface area contributed by atoms with Crippen LogP contribution in [0.15, 0.2) is 6.20 Å². The van der Waals surface area contributed by atoms with Gasteiger partial charge in [0.05, 0.1) is 12.5 Å². The number of rotatable bonds is 4. The van der Waals surface area contributed by atoms with Crippen molar-refractivity contribution in [2.75, 3.05) is 30.9 Å². The Morgan fingerprint density at radius 1 is 1.60 bits per heavy atom. The SMILES string of the molecule is CNc1ncc(C)c(N(C)CCC#N)n1. The van der Waals surface area contributed by atoms with Crippen molar-refractivity contribution in [2.45, 2.75) is 13.3 Å². The van der Waals surface area contributed by atoms with Crippen LogP contribution in [0.25, 0.3) is 0 Å². The molecule has 0 radical (unpaired) electrons. The first-order chi connectivity index (χ1) is 7.19. The fraction of sp³-hybridized carbons (Fsp3) is 0.500. The molecule has 0 aliphatic carbocycles. The van der Waals surface area contributed by atoms with Crippen LogP contribution in [0.3, 0.4) is 0 Å². The van der Waals surface area contributed by atoms with Crippen LogP contribution in [0.4, 0.5) is 11.8 Å². The summed E-state index contributed by atoms with van der Waals surface area (Å²) in [6.45, 7) is 2.63. The molecular weight excluding hydrogens is 190 g/mol. The fourth-order valence-corrected chi connectivity index (χ4v) is 1.26. The van der Waals surface area contributed by atoms with Crippen LogP contribution in [0.1, 0.15) is 12.0 Å². The van der Waals surface area contributed by atoms with E-state index in [0.717, 1.165) is 11.4 Å². The van der Waals surface area contributed by atoms with Gasteiger partial charge in [-0.1, -0.05) is 0 Å². The minimum absolute atomic E-state index is 0.495. The highest BCUT2D eigenvalue weighted by molar-refractivity contribution is 5.48. The van der Waals surface area contributed by atoms with Crippen molar-refractivity contribution in [3.63, 3.8) is 0 Å². The molecule has 0 unspecified atom stereocenters. The van der Waals surface area contributed by atoms with Gasteiger partial charge in [-0.3, -0.25) is 0 Å². The Bertz CT molecular complexity index is 369. The first-order valence-corrected chi connectivity index (χ1v) is 4.78. The smallest absolute Gasteiger partial charge is 0.224 e. The molecule has 1 N–H and O–H groups in total. The molecule has 0 fully saturated rings. The van der Waals surface area contributed by atoms with Gasteiger partial charge in [-0.25, -0.2) is 4.98 Å². The largest absolute Gasteiger partial charge is 0.358 e. The monoisotopic (exact) mass is 205 g/mol. The van der Waals surface area contributed by atoms with E-state index in [2.05, 4.69) is 21.4 Å². The maximum Gasteiger partial charge on any atom is 0.224 e. The standard InChI is InChI=1S/C10H15N5/c1-8-7-13-10(12-2)14-9(8)15(3)6-4-5-11/h7H,4,6H2,1-3H3,(H,12,13,14). The van der Waals surface area contributed by atoms with Crippen LogP contribution >= 0.6 is 0 Å². The third-order valence-electron chi connectivity index (χ3n) is 2.09. The molecule has 0 aliphatic heterocycles. The zero-order valence-electron chi connectivity index (χ0n) is 9.28. The molecule has 0 saturated heterocycles. The minimum Gasteiger partial charge on any atom is -0.358 e. The average molecular weight is 205 g/mol. The molecule has 0 bridgehead atoms. The van der Waals surface area contributed by atoms with Gasteiger partial charge in [0.25, 0.3) is 0 Å². The van der Waals surface area contributed by atoms with Crippen molar-refractivity contribution in [3.8, 4) is 6.07 Å². The van der Waals surface area contributed by atoms with Crippen LogP contribution in [0, 0.1) is 18.3 Å². The van der Waals surface area contributed by atoms with E-state index in [1.54, 1.807) is 13.2 Å². The summed E-state index contributed by atoms with van der Waals surface area (Å²) >= 11 is 0. The summed E-state index contributed by atoms with van der Waals surface area (Å²) in [6, 6.07) is 2.12. The quantitative estimate of drug-likeness (QED) is 0.799. The molecule has 0 aromatic carbocycles. The van der Waals surface area contributed by atoms with Crippen molar-refractivity contribution >= 4 is 11.8 Å². The lowest BCUT2D eigenvalue weighted by Gasteiger charge is -2.18. The van der Waals surface area contributed by atoms with Gasteiger partial charge >= 0.3 is 0 Å². The van der Waals surface area contributed by atoms with Gasteiger partial charge in [-0.2, -0.15) is 10.2 Å². The van der Waals surface area contributed by atoms with Gasteiger partial charge in [0.15, 0.2) is 0 Å². The topological polar surface area (TPSA) is 64.8 Å². The molecule has 1 rings (SSSR count). The Labute approximate surface area is 89.8 Å². The molecule has 5 nitrogen and oxygen atoms in total. The van der Waals surface area contributed by atoms with E-state index in [-0.39, 0.29) is 0 Å². The van der Waals surface area contributed by atoms with Gasteiger partial charge in [0.2, 0.25) is 5.95 Å². The zero-order chi connectivity index (χ0) is 11.3. The molecule has 80 valence electrons. The first-order valence-electron chi connectivity index (χ1n) is 4.78. The third-order valence-corrected chi connectivity index (χ3v) is 2.09. The predicted octanol–water partition coefficient (Wildman–Crippen LogP) is 1.18. The number of nitriles is 1. The van der Waals surface area contributed by atoms with Crippen molar-refractivity contribution < 1.29 is 0 Å². The van der Waals surface area contributed by atoms with E-state index in [1.807, 2.05) is 18.9 Å². The summed E-state index contributed by atoms with van der Waals surface area (Å²) in [5.41, 5.74) is 1.01. The van der Waals surface area contributed by atoms with Crippen LogP contribution in [-0.2, 0) is 0 Å². The first kappa shape index (κ1) is 11.2. The number of hydrogen-bond acceptors (Lipinski definition) is 5. The lowest BCUT2D eigenvalue weighted by atomic mass is 10.3. The molecular formula is C10H15N5. The maximum atomic E-state index is 8.51. The highest BCUT2D eigenvalue weighted by Gasteiger charge is 2.07. The van der Waals surface area contributed by atoms with Gasteiger partial charge in [0.1, 0.15) is 5.82 Å². The molecule has 1 aromatic rings. The summed E-state index contributed by atoms with van der Waals surface area (Å²) < 4.78 is 0. The lowest BCUT2D eigenvalue weighted by molar-refractivity contribution is 0.873. The Morgan fingerprint density at radius 2 is 2.33 bits per heavy atom. The zero-order valence-corrected chi connectivity index (χ0v) is 9.28. The Hall–Kier alpha value is -1.83. The normalized spacial score (nSPS) is 9.47. The molecule has 15 heavy (non-hydrogen) atoms. The molecule has 0 spiro atoms. The summed E-state index contributed by atoms with van der Waals surface area (Å²) in [6.07, 6.45) is 2.27. The van der Waals surface area contributed by atoms with E-state index in [1.165, 1.54) is 0 Å². The van der Waals surface area contributed by atoms with E-state index < -0.39 is 0 Å². The van der Waals surface area contributed by atoms with Gasteiger partial charge in [-0.05, 0) is 6.92 Å². The number of hydrogen-bond donors (Lipinski definition) is 1.